The summed E-state index contributed by atoms with van der Waals surface area (Å²) in [5.41, 5.74) is 3.86. The summed E-state index contributed by atoms with van der Waals surface area (Å²) < 4.78 is 0. The lowest BCUT2D eigenvalue weighted by Crippen LogP contribution is -2.52. The predicted octanol–water partition coefficient (Wildman–Crippen LogP) is 2.88. The van der Waals surface area contributed by atoms with E-state index in [0.29, 0.717) is 11.8 Å². The number of aromatic nitrogens is 2. The second kappa shape index (κ2) is 8.91. The van der Waals surface area contributed by atoms with Crippen LogP contribution in [0, 0.1) is 11.8 Å². The van der Waals surface area contributed by atoms with Crippen LogP contribution in [0.15, 0.2) is 47.9 Å². The van der Waals surface area contributed by atoms with Gasteiger partial charge in [-0.1, -0.05) is 30.7 Å². The molecule has 6 nitrogen and oxygen atoms in total. The molecule has 1 aromatic heterocycles. The Bertz CT molecular complexity index is 951. The summed E-state index contributed by atoms with van der Waals surface area (Å²) >= 11 is 0. The van der Waals surface area contributed by atoms with E-state index in [9.17, 15) is 0 Å². The van der Waals surface area contributed by atoms with Crippen molar-refractivity contribution in [3.63, 3.8) is 0 Å². The van der Waals surface area contributed by atoms with Crippen molar-refractivity contribution in [1.29, 1.82) is 0 Å². The molecular formula is C26H34N6. The van der Waals surface area contributed by atoms with E-state index in [1.165, 1.54) is 55.1 Å². The van der Waals surface area contributed by atoms with Crippen LogP contribution in [0.3, 0.4) is 0 Å². The van der Waals surface area contributed by atoms with Crippen LogP contribution < -0.4 is 4.90 Å². The van der Waals surface area contributed by atoms with Crippen LogP contribution in [0.1, 0.15) is 30.5 Å². The molecule has 6 heteroatoms. The summed E-state index contributed by atoms with van der Waals surface area (Å²) in [4.78, 5) is 21.9. The fraction of sp³-hybridized carbons (Fsp3) is 0.577. The van der Waals surface area contributed by atoms with E-state index in [1.54, 1.807) is 6.33 Å². The van der Waals surface area contributed by atoms with E-state index in [2.05, 4.69) is 50.1 Å². The summed E-state index contributed by atoms with van der Waals surface area (Å²) in [6.45, 7) is 7.78. The molecule has 6 rings (SSSR count). The van der Waals surface area contributed by atoms with Gasteiger partial charge >= 0.3 is 0 Å². The largest absolute Gasteiger partial charge is 0.354 e. The number of aliphatic imine (C=N–C) groups is 1. The minimum Gasteiger partial charge on any atom is -0.354 e. The Morgan fingerprint density at radius 2 is 1.78 bits per heavy atom. The number of rotatable bonds is 4. The monoisotopic (exact) mass is 430 g/mol. The Balaban J connectivity index is 1.11. The van der Waals surface area contributed by atoms with Crippen molar-refractivity contribution in [3.8, 4) is 0 Å². The predicted molar refractivity (Wildman–Crippen MR) is 129 cm³/mol. The van der Waals surface area contributed by atoms with E-state index in [-0.39, 0.29) is 0 Å². The summed E-state index contributed by atoms with van der Waals surface area (Å²) in [7, 11) is 0. The Labute approximate surface area is 191 Å². The van der Waals surface area contributed by atoms with E-state index < -0.39 is 0 Å². The van der Waals surface area contributed by atoms with Gasteiger partial charge in [0.1, 0.15) is 12.1 Å². The lowest BCUT2D eigenvalue weighted by Gasteiger charge is -2.43. The molecule has 1 saturated heterocycles. The van der Waals surface area contributed by atoms with Gasteiger partial charge in [-0.05, 0) is 25.3 Å². The zero-order valence-corrected chi connectivity index (χ0v) is 18.9. The second-order valence-electron chi connectivity index (χ2n) is 9.86. The molecule has 0 aromatic carbocycles. The molecule has 3 aliphatic heterocycles. The molecule has 168 valence electrons. The highest BCUT2D eigenvalue weighted by molar-refractivity contribution is 6.00. The van der Waals surface area contributed by atoms with Crippen LogP contribution in [0.25, 0.3) is 0 Å². The number of allylic oxidation sites excluding steroid dienone is 4. The smallest absolute Gasteiger partial charge is 0.135 e. The highest BCUT2D eigenvalue weighted by Gasteiger charge is 2.31. The maximum absolute atomic E-state index is 4.79. The van der Waals surface area contributed by atoms with Crippen molar-refractivity contribution in [3.05, 3.63) is 54.2 Å². The first-order chi connectivity index (χ1) is 15.8. The molecular weight excluding hydrogens is 396 g/mol. The van der Waals surface area contributed by atoms with Crippen molar-refractivity contribution in [1.82, 2.24) is 19.8 Å². The molecule has 0 N–H and O–H groups in total. The Morgan fingerprint density at radius 3 is 2.62 bits per heavy atom. The summed E-state index contributed by atoms with van der Waals surface area (Å²) in [6.07, 6.45) is 21.1. The average Bonchev–Trinajstić information content (AvgIpc) is 3.01. The Hall–Kier alpha value is -2.31. The van der Waals surface area contributed by atoms with Crippen LogP contribution in [0.4, 0.5) is 5.82 Å². The summed E-state index contributed by atoms with van der Waals surface area (Å²) in [5, 5.41) is 0. The lowest BCUT2D eigenvalue weighted by atomic mass is 9.83. The van der Waals surface area contributed by atoms with Gasteiger partial charge in [0.2, 0.25) is 0 Å². The number of hydrogen-bond donors (Lipinski definition) is 0. The number of nitrogens with zero attached hydrogens (tertiary/aromatic N) is 6. The van der Waals surface area contributed by atoms with Gasteiger partial charge < -0.3 is 9.80 Å². The zero-order valence-electron chi connectivity index (χ0n) is 18.9. The first-order valence-corrected chi connectivity index (χ1v) is 12.5. The Kier molecular flexibility index (Phi) is 5.65. The number of piperazine rings is 1. The van der Waals surface area contributed by atoms with Crippen LogP contribution in [0.5, 0.6) is 0 Å². The molecule has 0 amide bonds. The Morgan fingerprint density at radius 1 is 0.906 bits per heavy atom. The van der Waals surface area contributed by atoms with Gasteiger partial charge in [0, 0.05) is 87.6 Å². The molecule has 1 saturated carbocycles. The first kappa shape index (κ1) is 20.3. The van der Waals surface area contributed by atoms with Gasteiger partial charge in [-0.2, -0.15) is 0 Å². The van der Waals surface area contributed by atoms with Gasteiger partial charge in [0.25, 0.3) is 0 Å². The lowest BCUT2D eigenvalue weighted by molar-refractivity contribution is 0.120. The minimum absolute atomic E-state index is 0.415. The summed E-state index contributed by atoms with van der Waals surface area (Å²) in [5.74, 6) is 2.12. The molecule has 0 bridgehead atoms. The third-order valence-electron chi connectivity index (χ3n) is 8.08. The molecule has 0 radical (unpaired) electrons. The van der Waals surface area contributed by atoms with Crippen molar-refractivity contribution < 1.29 is 0 Å². The van der Waals surface area contributed by atoms with Crippen molar-refractivity contribution in [2.24, 2.45) is 16.8 Å². The van der Waals surface area contributed by atoms with Gasteiger partial charge in [0.05, 0.1) is 5.69 Å². The molecule has 2 unspecified atom stereocenters. The topological polar surface area (TPSA) is 47.9 Å². The van der Waals surface area contributed by atoms with Gasteiger partial charge in [-0.25, -0.2) is 9.97 Å². The van der Waals surface area contributed by atoms with Crippen molar-refractivity contribution in [2.45, 2.75) is 38.1 Å². The molecule has 0 spiro atoms. The van der Waals surface area contributed by atoms with E-state index in [4.69, 9.17) is 9.97 Å². The van der Waals surface area contributed by atoms with Crippen molar-refractivity contribution >= 4 is 11.5 Å². The van der Waals surface area contributed by atoms with Gasteiger partial charge in [0.15, 0.2) is 0 Å². The van der Waals surface area contributed by atoms with Gasteiger partial charge in [-0.15, -0.1) is 0 Å². The fourth-order valence-corrected chi connectivity index (χ4v) is 5.93. The van der Waals surface area contributed by atoms with E-state index in [1.807, 2.05) is 6.20 Å². The molecule has 1 aromatic rings. The molecule has 2 fully saturated rings. The molecule has 32 heavy (non-hydrogen) atoms. The average molecular weight is 431 g/mol. The standard InChI is InChI=1S/C26H34N6/c1-2-7-24-22(6-1)20(8-11-27-24)18-30-12-9-23-25(10-13-30)28-19-29-26(23)32-16-14-31(15-17-32)21-4-3-5-21/h1-2,6-8,11,19-22H,3-5,9-10,12-18H2. The molecule has 2 atom stereocenters. The SMILES string of the molecule is C1=CC2=NC=CC(CN3CCc4ncnc(N5CCN(C6CCC6)CC5)c4CC3)C2C=C1. The highest BCUT2D eigenvalue weighted by atomic mass is 15.3. The van der Waals surface area contributed by atoms with Gasteiger partial charge in [-0.3, -0.25) is 9.89 Å². The molecule has 5 aliphatic rings. The van der Waals surface area contributed by atoms with Crippen LogP contribution in [-0.4, -0.2) is 77.3 Å². The first-order valence-electron chi connectivity index (χ1n) is 12.5. The van der Waals surface area contributed by atoms with Crippen LogP contribution in [0.2, 0.25) is 0 Å². The third kappa shape index (κ3) is 3.95. The number of anilines is 1. The third-order valence-corrected chi connectivity index (χ3v) is 8.08. The maximum atomic E-state index is 4.79. The molecule has 2 aliphatic carbocycles. The number of fused-ring (bicyclic) bond motifs is 2. The summed E-state index contributed by atoms with van der Waals surface area (Å²) in [6, 6.07) is 0.849. The maximum Gasteiger partial charge on any atom is 0.135 e. The van der Waals surface area contributed by atoms with Crippen LogP contribution >= 0.6 is 0 Å². The highest BCUT2D eigenvalue weighted by Crippen LogP contribution is 2.30. The second-order valence-corrected chi connectivity index (χ2v) is 9.86. The fourth-order valence-electron chi connectivity index (χ4n) is 5.93. The van der Waals surface area contributed by atoms with Crippen LogP contribution in [-0.2, 0) is 12.8 Å². The van der Waals surface area contributed by atoms with E-state index >= 15 is 0 Å². The number of hydrogen-bond acceptors (Lipinski definition) is 6. The quantitative estimate of drug-likeness (QED) is 0.735. The van der Waals surface area contributed by atoms with E-state index in [0.717, 1.165) is 51.6 Å². The van der Waals surface area contributed by atoms with Crippen molar-refractivity contribution in [2.75, 3.05) is 50.7 Å². The molecule has 4 heterocycles. The minimum atomic E-state index is 0.415. The zero-order chi connectivity index (χ0) is 21.3. The normalized spacial score (nSPS) is 28.6.